The van der Waals surface area contributed by atoms with E-state index >= 15 is 0 Å². The summed E-state index contributed by atoms with van der Waals surface area (Å²) < 4.78 is 5.29. The van der Waals surface area contributed by atoms with Crippen molar-refractivity contribution in [3.63, 3.8) is 0 Å². The van der Waals surface area contributed by atoms with Crippen LogP contribution in [0.25, 0.3) is 0 Å². The minimum absolute atomic E-state index is 0.446. The summed E-state index contributed by atoms with van der Waals surface area (Å²) in [5.41, 5.74) is 2.81. The van der Waals surface area contributed by atoms with Crippen LogP contribution in [0.5, 0.6) is 0 Å². The Kier molecular flexibility index (Phi) is 3.16. The smallest absolute Gasteiger partial charge is 0.138 e. The summed E-state index contributed by atoms with van der Waals surface area (Å²) in [6, 6.07) is 0. The minimum atomic E-state index is 0.446. The Bertz CT molecular complexity index is 401. The van der Waals surface area contributed by atoms with Gasteiger partial charge in [0.25, 0.3) is 0 Å². The first-order valence-corrected chi connectivity index (χ1v) is 7.09. The fourth-order valence-electron chi connectivity index (χ4n) is 3.62. The van der Waals surface area contributed by atoms with E-state index in [1.54, 1.807) is 0 Å². The number of piperidine rings is 1. The highest BCUT2D eigenvalue weighted by molar-refractivity contribution is 5.21. The second kappa shape index (κ2) is 4.67. The Balaban J connectivity index is 1.79. The van der Waals surface area contributed by atoms with E-state index in [4.69, 9.17) is 4.52 Å². The summed E-state index contributed by atoms with van der Waals surface area (Å²) in [5.74, 6) is 0.989. The van der Waals surface area contributed by atoms with Gasteiger partial charge in [-0.15, -0.1) is 0 Å². The van der Waals surface area contributed by atoms with Gasteiger partial charge in [-0.25, -0.2) is 0 Å². The summed E-state index contributed by atoms with van der Waals surface area (Å²) in [5, 5.41) is 7.56. The molecule has 2 aliphatic heterocycles. The normalized spacial score (nSPS) is 23.9. The molecule has 2 saturated heterocycles. The third-order valence-corrected chi connectivity index (χ3v) is 4.81. The summed E-state index contributed by atoms with van der Waals surface area (Å²) in [6.07, 6.45) is 5.27. The van der Waals surface area contributed by atoms with Crippen molar-refractivity contribution in [3.8, 4) is 0 Å². The highest BCUT2D eigenvalue weighted by Crippen LogP contribution is 2.38. The molecule has 3 heterocycles. The molecule has 0 bridgehead atoms. The predicted octanol–water partition coefficient (Wildman–Crippen LogP) is 2.01. The van der Waals surface area contributed by atoms with E-state index in [0.717, 1.165) is 31.1 Å². The SMILES string of the molecule is Cc1noc(C)c1CN1CCCC12CCNCC2. The predicted molar refractivity (Wildman–Crippen MR) is 70.5 cm³/mol. The van der Waals surface area contributed by atoms with E-state index in [9.17, 15) is 0 Å². The molecule has 0 aliphatic carbocycles. The lowest BCUT2D eigenvalue weighted by molar-refractivity contribution is 0.0922. The Labute approximate surface area is 109 Å². The molecule has 3 rings (SSSR count). The molecule has 1 aromatic rings. The minimum Gasteiger partial charge on any atom is -0.361 e. The van der Waals surface area contributed by atoms with E-state index in [1.807, 2.05) is 6.92 Å². The third kappa shape index (κ3) is 1.97. The van der Waals surface area contributed by atoms with Crippen molar-refractivity contribution in [3.05, 3.63) is 17.0 Å². The second-order valence-corrected chi connectivity index (χ2v) is 5.80. The molecule has 0 unspecified atom stereocenters. The van der Waals surface area contributed by atoms with E-state index in [1.165, 1.54) is 37.8 Å². The molecule has 0 radical (unpaired) electrons. The maximum atomic E-state index is 5.29. The van der Waals surface area contributed by atoms with Gasteiger partial charge in [-0.3, -0.25) is 4.90 Å². The van der Waals surface area contributed by atoms with E-state index < -0.39 is 0 Å². The number of hydrogen-bond acceptors (Lipinski definition) is 4. The quantitative estimate of drug-likeness (QED) is 0.870. The Morgan fingerprint density at radius 3 is 2.72 bits per heavy atom. The number of aryl methyl sites for hydroxylation is 2. The molecule has 2 aliphatic rings. The summed E-state index contributed by atoms with van der Waals surface area (Å²) >= 11 is 0. The van der Waals surface area contributed by atoms with Gasteiger partial charge in [0, 0.05) is 17.6 Å². The maximum absolute atomic E-state index is 5.29. The van der Waals surface area contributed by atoms with Crippen molar-refractivity contribution >= 4 is 0 Å². The monoisotopic (exact) mass is 249 g/mol. The van der Waals surface area contributed by atoms with Gasteiger partial charge in [0.05, 0.1) is 5.69 Å². The molecule has 1 aromatic heterocycles. The van der Waals surface area contributed by atoms with E-state index in [2.05, 4.69) is 22.3 Å². The Hall–Kier alpha value is -0.870. The van der Waals surface area contributed by atoms with Gasteiger partial charge in [0.1, 0.15) is 5.76 Å². The van der Waals surface area contributed by atoms with Crippen LogP contribution < -0.4 is 5.32 Å². The largest absolute Gasteiger partial charge is 0.361 e. The first-order chi connectivity index (χ1) is 8.71. The topological polar surface area (TPSA) is 41.3 Å². The summed E-state index contributed by atoms with van der Waals surface area (Å²) in [4.78, 5) is 2.68. The number of aromatic nitrogens is 1. The van der Waals surface area contributed by atoms with Crippen LogP contribution in [0.3, 0.4) is 0 Å². The van der Waals surface area contributed by atoms with Crippen molar-refractivity contribution in [2.24, 2.45) is 0 Å². The van der Waals surface area contributed by atoms with Crippen LogP contribution in [0, 0.1) is 13.8 Å². The van der Waals surface area contributed by atoms with Crippen LogP contribution in [0.15, 0.2) is 4.52 Å². The van der Waals surface area contributed by atoms with Gasteiger partial charge >= 0.3 is 0 Å². The molecule has 4 heteroatoms. The molecule has 0 atom stereocenters. The van der Waals surface area contributed by atoms with Crippen LogP contribution in [0.4, 0.5) is 0 Å². The highest BCUT2D eigenvalue weighted by atomic mass is 16.5. The van der Waals surface area contributed by atoms with Crippen LogP contribution in [-0.4, -0.2) is 35.2 Å². The van der Waals surface area contributed by atoms with Crippen molar-refractivity contribution in [1.29, 1.82) is 0 Å². The van der Waals surface area contributed by atoms with Gasteiger partial charge in [-0.05, 0) is 59.2 Å². The van der Waals surface area contributed by atoms with Crippen molar-refractivity contribution in [2.45, 2.75) is 51.6 Å². The number of likely N-dealkylation sites (tertiary alicyclic amines) is 1. The molecular weight excluding hydrogens is 226 g/mol. The molecule has 1 N–H and O–H groups in total. The Morgan fingerprint density at radius 2 is 2.06 bits per heavy atom. The average molecular weight is 249 g/mol. The molecule has 0 aromatic carbocycles. The van der Waals surface area contributed by atoms with Gasteiger partial charge in [0.15, 0.2) is 0 Å². The second-order valence-electron chi connectivity index (χ2n) is 5.80. The highest BCUT2D eigenvalue weighted by Gasteiger charge is 2.41. The molecule has 18 heavy (non-hydrogen) atoms. The van der Waals surface area contributed by atoms with Gasteiger partial charge < -0.3 is 9.84 Å². The van der Waals surface area contributed by atoms with Crippen LogP contribution in [0.1, 0.15) is 42.7 Å². The summed E-state index contributed by atoms with van der Waals surface area (Å²) in [6.45, 7) is 8.65. The van der Waals surface area contributed by atoms with Gasteiger partial charge in [0.2, 0.25) is 0 Å². The molecule has 0 amide bonds. The average Bonchev–Trinajstić information content (AvgIpc) is 2.90. The molecule has 4 nitrogen and oxygen atoms in total. The first-order valence-electron chi connectivity index (χ1n) is 7.09. The molecule has 0 saturated carbocycles. The molecule has 1 spiro atoms. The van der Waals surface area contributed by atoms with Crippen molar-refractivity contribution in [1.82, 2.24) is 15.4 Å². The number of nitrogens with zero attached hydrogens (tertiary/aromatic N) is 2. The molecular formula is C14H23N3O. The van der Waals surface area contributed by atoms with Crippen LogP contribution in [-0.2, 0) is 6.54 Å². The number of hydrogen-bond donors (Lipinski definition) is 1. The van der Waals surface area contributed by atoms with Crippen molar-refractivity contribution < 1.29 is 4.52 Å². The van der Waals surface area contributed by atoms with E-state index in [0.29, 0.717) is 5.54 Å². The van der Waals surface area contributed by atoms with Gasteiger partial charge in [-0.2, -0.15) is 0 Å². The van der Waals surface area contributed by atoms with E-state index in [-0.39, 0.29) is 0 Å². The standard InChI is InChI=1S/C14H23N3O/c1-11-13(12(2)18-16-11)10-17-9-3-4-14(17)5-7-15-8-6-14/h15H,3-10H2,1-2H3. The Morgan fingerprint density at radius 1 is 1.28 bits per heavy atom. The van der Waals surface area contributed by atoms with Gasteiger partial charge in [-0.1, -0.05) is 5.16 Å². The first kappa shape index (κ1) is 12.2. The fourth-order valence-corrected chi connectivity index (χ4v) is 3.62. The zero-order valence-electron chi connectivity index (χ0n) is 11.5. The zero-order valence-corrected chi connectivity index (χ0v) is 11.5. The lowest BCUT2D eigenvalue weighted by Gasteiger charge is -2.42. The molecule has 2 fully saturated rings. The van der Waals surface area contributed by atoms with Crippen LogP contribution in [0.2, 0.25) is 0 Å². The maximum Gasteiger partial charge on any atom is 0.138 e. The molecule has 100 valence electrons. The lowest BCUT2D eigenvalue weighted by Crippen LogP contribution is -2.50. The number of nitrogens with one attached hydrogen (secondary N) is 1. The van der Waals surface area contributed by atoms with Crippen LogP contribution >= 0.6 is 0 Å². The summed E-state index contributed by atoms with van der Waals surface area (Å²) in [7, 11) is 0. The number of rotatable bonds is 2. The fraction of sp³-hybridized carbons (Fsp3) is 0.786. The van der Waals surface area contributed by atoms with Crippen molar-refractivity contribution in [2.75, 3.05) is 19.6 Å². The lowest BCUT2D eigenvalue weighted by atomic mass is 9.85. The third-order valence-electron chi connectivity index (χ3n) is 4.81. The zero-order chi connectivity index (χ0) is 12.6.